The van der Waals surface area contributed by atoms with Crippen molar-refractivity contribution in [3.63, 3.8) is 0 Å². The SMILES string of the molecule is CC(C)(C)[C@@H]1NCC[C@@H]1O. The molecule has 0 amide bonds. The quantitative estimate of drug-likeness (QED) is 0.524. The Bertz CT molecular complexity index is 117. The fourth-order valence-corrected chi connectivity index (χ4v) is 1.57. The Balaban J connectivity index is 2.55. The summed E-state index contributed by atoms with van der Waals surface area (Å²) in [6.07, 6.45) is 0.766. The summed E-state index contributed by atoms with van der Waals surface area (Å²) in [4.78, 5) is 0. The molecule has 0 aromatic rings. The first kappa shape index (κ1) is 8.02. The third-order valence-electron chi connectivity index (χ3n) is 2.12. The Kier molecular flexibility index (Phi) is 2.02. The van der Waals surface area contributed by atoms with Crippen LogP contribution < -0.4 is 5.32 Å². The van der Waals surface area contributed by atoms with E-state index in [1.165, 1.54) is 0 Å². The summed E-state index contributed by atoms with van der Waals surface area (Å²) in [6, 6.07) is 0.285. The average molecular weight is 143 g/mol. The van der Waals surface area contributed by atoms with Gasteiger partial charge in [-0.1, -0.05) is 20.8 Å². The summed E-state index contributed by atoms with van der Waals surface area (Å²) < 4.78 is 0. The summed E-state index contributed by atoms with van der Waals surface area (Å²) in [5, 5.41) is 12.8. The zero-order valence-corrected chi connectivity index (χ0v) is 7.02. The van der Waals surface area contributed by atoms with Crippen molar-refractivity contribution in [2.24, 2.45) is 5.41 Å². The van der Waals surface area contributed by atoms with Gasteiger partial charge in [0.15, 0.2) is 0 Å². The molecule has 1 rings (SSSR count). The monoisotopic (exact) mass is 143 g/mol. The predicted octanol–water partition coefficient (Wildman–Crippen LogP) is 0.755. The molecular formula is C8H17NO. The van der Waals surface area contributed by atoms with Gasteiger partial charge in [-0.3, -0.25) is 0 Å². The molecule has 0 saturated carbocycles. The van der Waals surface area contributed by atoms with E-state index in [4.69, 9.17) is 0 Å². The molecule has 2 heteroatoms. The highest BCUT2D eigenvalue weighted by molar-refractivity contribution is 4.91. The van der Waals surface area contributed by atoms with Crippen molar-refractivity contribution < 1.29 is 5.11 Å². The Labute approximate surface area is 62.6 Å². The molecule has 10 heavy (non-hydrogen) atoms. The van der Waals surface area contributed by atoms with Crippen LogP contribution in [0.1, 0.15) is 27.2 Å². The van der Waals surface area contributed by atoms with Crippen molar-refractivity contribution in [2.45, 2.75) is 39.3 Å². The van der Waals surface area contributed by atoms with Gasteiger partial charge in [0.05, 0.1) is 6.10 Å². The number of rotatable bonds is 0. The normalized spacial score (nSPS) is 34.8. The molecule has 2 N–H and O–H groups in total. The minimum Gasteiger partial charge on any atom is -0.391 e. The Morgan fingerprint density at radius 3 is 2.20 bits per heavy atom. The zero-order valence-electron chi connectivity index (χ0n) is 7.02. The van der Waals surface area contributed by atoms with E-state index >= 15 is 0 Å². The molecular weight excluding hydrogens is 126 g/mol. The molecule has 1 aliphatic rings. The summed E-state index contributed by atoms with van der Waals surface area (Å²) in [5.41, 5.74) is 0.190. The van der Waals surface area contributed by atoms with E-state index in [0.29, 0.717) is 0 Å². The lowest BCUT2D eigenvalue weighted by Crippen LogP contribution is -2.41. The highest BCUT2D eigenvalue weighted by atomic mass is 16.3. The van der Waals surface area contributed by atoms with Crippen LogP contribution in [0.5, 0.6) is 0 Å². The van der Waals surface area contributed by atoms with Crippen molar-refractivity contribution >= 4 is 0 Å². The van der Waals surface area contributed by atoms with Gasteiger partial charge in [0.1, 0.15) is 0 Å². The highest BCUT2D eigenvalue weighted by Gasteiger charge is 2.34. The molecule has 0 aromatic carbocycles. The van der Waals surface area contributed by atoms with Gasteiger partial charge in [-0.05, 0) is 18.4 Å². The average Bonchev–Trinajstić information content (AvgIpc) is 2.11. The zero-order chi connectivity index (χ0) is 7.78. The maximum atomic E-state index is 9.46. The van der Waals surface area contributed by atoms with Gasteiger partial charge in [-0.2, -0.15) is 0 Å². The van der Waals surface area contributed by atoms with E-state index in [-0.39, 0.29) is 17.6 Å². The molecule has 0 aromatic heterocycles. The maximum Gasteiger partial charge on any atom is 0.0710 e. The number of aliphatic hydroxyl groups is 1. The van der Waals surface area contributed by atoms with Crippen molar-refractivity contribution in [1.82, 2.24) is 5.32 Å². The van der Waals surface area contributed by atoms with E-state index in [1.807, 2.05) is 0 Å². The lowest BCUT2D eigenvalue weighted by atomic mass is 9.85. The predicted molar refractivity (Wildman–Crippen MR) is 41.9 cm³/mol. The Morgan fingerprint density at radius 1 is 1.40 bits per heavy atom. The van der Waals surface area contributed by atoms with Gasteiger partial charge in [-0.25, -0.2) is 0 Å². The van der Waals surface area contributed by atoms with Gasteiger partial charge >= 0.3 is 0 Å². The van der Waals surface area contributed by atoms with E-state index in [1.54, 1.807) is 0 Å². The largest absolute Gasteiger partial charge is 0.391 e. The van der Waals surface area contributed by atoms with Crippen LogP contribution in [0, 0.1) is 5.41 Å². The molecule has 0 spiro atoms. The van der Waals surface area contributed by atoms with Crippen molar-refractivity contribution in [1.29, 1.82) is 0 Å². The van der Waals surface area contributed by atoms with Crippen LogP contribution in [0.2, 0.25) is 0 Å². The minimum atomic E-state index is -0.139. The molecule has 1 heterocycles. The van der Waals surface area contributed by atoms with Gasteiger partial charge < -0.3 is 10.4 Å². The lowest BCUT2D eigenvalue weighted by molar-refractivity contribution is 0.105. The number of aliphatic hydroxyl groups excluding tert-OH is 1. The second-order valence-electron chi connectivity index (χ2n) is 4.15. The molecule has 1 saturated heterocycles. The third-order valence-corrected chi connectivity index (χ3v) is 2.12. The second kappa shape index (κ2) is 2.51. The molecule has 1 aliphatic heterocycles. The van der Waals surface area contributed by atoms with Crippen LogP contribution in [-0.2, 0) is 0 Å². The molecule has 2 atom stereocenters. The standard InChI is InChI=1S/C8H17NO/c1-8(2,3)7-6(10)4-5-9-7/h6-7,9-10H,4-5H2,1-3H3/t6-,7+/m0/s1. The van der Waals surface area contributed by atoms with E-state index in [0.717, 1.165) is 13.0 Å². The molecule has 0 radical (unpaired) electrons. The molecule has 0 unspecified atom stereocenters. The van der Waals surface area contributed by atoms with Crippen LogP contribution in [-0.4, -0.2) is 23.8 Å². The molecule has 60 valence electrons. The first-order chi connectivity index (χ1) is 4.52. The van der Waals surface area contributed by atoms with E-state index in [9.17, 15) is 5.11 Å². The minimum absolute atomic E-state index is 0.139. The molecule has 2 nitrogen and oxygen atoms in total. The summed E-state index contributed by atoms with van der Waals surface area (Å²) in [5.74, 6) is 0. The Hall–Kier alpha value is -0.0800. The number of hydrogen-bond acceptors (Lipinski definition) is 2. The summed E-state index contributed by atoms with van der Waals surface area (Å²) >= 11 is 0. The molecule has 0 aliphatic carbocycles. The fourth-order valence-electron chi connectivity index (χ4n) is 1.57. The van der Waals surface area contributed by atoms with Crippen LogP contribution in [0.3, 0.4) is 0 Å². The number of nitrogens with one attached hydrogen (secondary N) is 1. The lowest BCUT2D eigenvalue weighted by Gasteiger charge is -2.29. The molecule has 0 bridgehead atoms. The van der Waals surface area contributed by atoms with Crippen molar-refractivity contribution in [3.05, 3.63) is 0 Å². The third kappa shape index (κ3) is 1.50. The first-order valence-corrected chi connectivity index (χ1v) is 3.93. The van der Waals surface area contributed by atoms with Gasteiger partial charge in [0.2, 0.25) is 0 Å². The summed E-state index contributed by atoms with van der Waals surface area (Å²) in [6.45, 7) is 7.42. The van der Waals surface area contributed by atoms with Crippen LogP contribution in [0.25, 0.3) is 0 Å². The second-order valence-corrected chi connectivity index (χ2v) is 4.15. The van der Waals surface area contributed by atoms with Crippen LogP contribution in [0.15, 0.2) is 0 Å². The topological polar surface area (TPSA) is 32.3 Å². The van der Waals surface area contributed by atoms with Gasteiger partial charge in [0.25, 0.3) is 0 Å². The fraction of sp³-hybridized carbons (Fsp3) is 1.00. The maximum absolute atomic E-state index is 9.46. The van der Waals surface area contributed by atoms with E-state index in [2.05, 4.69) is 26.1 Å². The Morgan fingerprint density at radius 2 is 2.00 bits per heavy atom. The van der Waals surface area contributed by atoms with E-state index < -0.39 is 0 Å². The van der Waals surface area contributed by atoms with Crippen molar-refractivity contribution in [3.8, 4) is 0 Å². The van der Waals surface area contributed by atoms with Crippen LogP contribution >= 0.6 is 0 Å². The highest BCUT2D eigenvalue weighted by Crippen LogP contribution is 2.25. The van der Waals surface area contributed by atoms with Crippen LogP contribution in [0.4, 0.5) is 0 Å². The molecule has 1 fully saturated rings. The van der Waals surface area contributed by atoms with Crippen molar-refractivity contribution in [2.75, 3.05) is 6.54 Å². The number of hydrogen-bond donors (Lipinski definition) is 2. The van der Waals surface area contributed by atoms with Gasteiger partial charge in [0, 0.05) is 6.04 Å². The smallest absolute Gasteiger partial charge is 0.0710 e. The van der Waals surface area contributed by atoms with Gasteiger partial charge in [-0.15, -0.1) is 0 Å². The summed E-state index contributed by atoms with van der Waals surface area (Å²) in [7, 11) is 0. The first-order valence-electron chi connectivity index (χ1n) is 3.93.